The highest BCUT2D eigenvalue weighted by molar-refractivity contribution is 5.77. The van der Waals surface area contributed by atoms with Crippen LogP contribution in [-0.2, 0) is 36.3 Å². The molecule has 0 saturated carbocycles. The molecule has 5 rings (SSSR count). The van der Waals surface area contributed by atoms with Crippen molar-refractivity contribution in [1.29, 1.82) is 0 Å². The van der Waals surface area contributed by atoms with Crippen LogP contribution in [0.3, 0.4) is 0 Å². The van der Waals surface area contributed by atoms with Gasteiger partial charge in [-0.3, -0.25) is 14.2 Å². The fourth-order valence-electron chi connectivity index (χ4n) is 4.50. The van der Waals surface area contributed by atoms with Gasteiger partial charge in [-0.25, -0.2) is 9.36 Å². The van der Waals surface area contributed by atoms with Crippen molar-refractivity contribution >= 4 is 28.8 Å². The molecule has 0 N–H and O–H groups in total. The number of fused-ring (bicyclic) bond motifs is 3. The van der Waals surface area contributed by atoms with E-state index in [2.05, 4.69) is 11.8 Å². The molecule has 0 aliphatic carbocycles. The van der Waals surface area contributed by atoms with E-state index in [9.17, 15) is 14.4 Å². The molecule has 0 saturated heterocycles. The van der Waals surface area contributed by atoms with Crippen molar-refractivity contribution in [2.24, 2.45) is 13.0 Å². The second-order valence-corrected chi connectivity index (χ2v) is 9.13. The van der Waals surface area contributed by atoms with E-state index < -0.39 is 23.8 Å². The van der Waals surface area contributed by atoms with Crippen LogP contribution in [0.4, 0.5) is 11.6 Å². The lowest BCUT2D eigenvalue weighted by molar-refractivity contribution is -0.145. The van der Waals surface area contributed by atoms with E-state index in [0.717, 1.165) is 27.9 Å². The Balaban J connectivity index is 1.54. The maximum absolute atomic E-state index is 13.5. The number of anilines is 2. The van der Waals surface area contributed by atoms with Crippen LogP contribution in [0.2, 0.25) is 0 Å². The Kier molecular flexibility index (Phi) is 5.76. The number of hydrogen-bond donors (Lipinski definition) is 0. The lowest BCUT2D eigenvalue weighted by atomic mass is 10.1. The zero-order valence-electron chi connectivity index (χ0n) is 20.0. The first-order chi connectivity index (χ1) is 16.8. The van der Waals surface area contributed by atoms with Crippen LogP contribution < -0.4 is 16.1 Å². The number of nitrogens with zero attached hydrogens (tertiary/aromatic N) is 5. The SMILES string of the molecule is Cc1ccc(N2CC(C)Cn3c2nc2c3c(=O)n(CC(=O)OCc3ccccc3)c(=O)n2C)cc1. The average Bonchev–Trinajstić information content (AvgIpc) is 3.24. The maximum atomic E-state index is 13.5. The maximum Gasteiger partial charge on any atom is 0.333 e. The van der Waals surface area contributed by atoms with Crippen LogP contribution in [0.15, 0.2) is 64.2 Å². The average molecular weight is 474 g/mol. The first-order valence-electron chi connectivity index (χ1n) is 11.6. The number of carbonyl (C=O) groups excluding carboxylic acids is 1. The molecule has 0 radical (unpaired) electrons. The Hall–Kier alpha value is -4.14. The molecule has 0 spiro atoms. The molecule has 1 aliphatic rings. The number of aryl methyl sites for hydroxylation is 2. The summed E-state index contributed by atoms with van der Waals surface area (Å²) in [6, 6.07) is 17.4. The molecule has 1 aliphatic heterocycles. The van der Waals surface area contributed by atoms with Gasteiger partial charge in [0.15, 0.2) is 11.2 Å². The second-order valence-electron chi connectivity index (χ2n) is 9.13. The van der Waals surface area contributed by atoms with E-state index >= 15 is 0 Å². The van der Waals surface area contributed by atoms with Gasteiger partial charge in [-0.15, -0.1) is 0 Å². The Morgan fingerprint density at radius 2 is 1.77 bits per heavy atom. The third-order valence-electron chi connectivity index (χ3n) is 6.32. The smallest absolute Gasteiger partial charge is 0.333 e. The lowest BCUT2D eigenvalue weighted by Gasteiger charge is -2.33. The van der Waals surface area contributed by atoms with Gasteiger partial charge in [0.05, 0.1) is 0 Å². The lowest BCUT2D eigenvalue weighted by Crippen LogP contribution is -2.42. The minimum atomic E-state index is -0.652. The molecular formula is C26H27N5O4. The normalized spacial score (nSPS) is 15.3. The van der Waals surface area contributed by atoms with Gasteiger partial charge in [-0.2, -0.15) is 4.98 Å². The number of hydrogen-bond acceptors (Lipinski definition) is 6. The quantitative estimate of drug-likeness (QED) is 0.414. The monoisotopic (exact) mass is 473 g/mol. The molecule has 9 heteroatoms. The molecule has 9 nitrogen and oxygen atoms in total. The Bertz CT molecular complexity index is 1520. The highest BCUT2D eigenvalue weighted by Gasteiger charge is 2.30. The highest BCUT2D eigenvalue weighted by atomic mass is 16.5. The largest absolute Gasteiger partial charge is 0.459 e. The van der Waals surface area contributed by atoms with Crippen LogP contribution in [0.1, 0.15) is 18.1 Å². The summed E-state index contributed by atoms with van der Waals surface area (Å²) in [5.74, 6) is 0.195. The molecule has 2 aromatic carbocycles. The molecule has 0 bridgehead atoms. The molecule has 1 unspecified atom stereocenters. The Labute approximate surface area is 201 Å². The van der Waals surface area contributed by atoms with Gasteiger partial charge in [0.2, 0.25) is 5.95 Å². The summed E-state index contributed by atoms with van der Waals surface area (Å²) in [7, 11) is 1.56. The number of aromatic nitrogens is 4. The molecule has 0 amide bonds. The zero-order valence-corrected chi connectivity index (χ0v) is 20.0. The highest BCUT2D eigenvalue weighted by Crippen LogP contribution is 2.32. The van der Waals surface area contributed by atoms with Crippen molar-refractivity contribution in [3.8, 4) is 0 Å². The minimum Gasteiger partial charge on any atom is -0.459 e. The Morgan fingerprint density at radius 1 is 1.06 bits per heavy atom. The standard InChI is InChI=1S/C26H27N5O4/c1-17-9-11-20(12-10-17)29-13-18(2)14-30-22-23(27-25(29)30)28(3)26(34)31(24(22)33)15-21(32)35-16-19-7-5-4-6-8-19/h4-12,18H,13-16H2,1-3H3. The van der Waals surface area contributed by atoms with E-state index in [1.165, 1.54) is 4.57 Å². The summed E-state index contributed by atoms with van der Waals surface area (Å²) in [4.78, 5) is 45.8. The van der Waals surface area contributed by atoms with Crippen molar-refractivity contribution < 1.29 is 9.53 Å². The molecule has 0 fully saturated rings. The van der Waals surface area contributed by atoms with E-state index in [1.54, 1.807) is 7.05 Å². The molecule has 3 heterocycles. The van der Waals surface area contributed by atoms with Crippen molar-refractivity contribution in [2.45, 2.75) is 33.5 Å². The Morgan fingerprint density at radius 3 is 2.49 bits per heavy atom. The van der Waals surface area contributed by atoms with Crippen molar-refractivity contribution in [3.63, 3.8) is 0 Å². The van der Waals surface area contributed by atoms with Gasteiger partial charge in [-0.1, -0.05) is 55.0 Å². The van der Waals surface area contributed by atoms with Crippen molar-refractivity contribution in [3.05, 3.63) is 86.6 Å². The molecular weight excluding hydrogens is 446 g/mol. The molecule has 35 heavy (non-hydrogen) atoms. The van der Waals surface area contributed by atoms with Gasteiger partial charge in [-0.05, 0) is 30.5 Å². The number of carbonyl (C=O) groups is 1. The number of ether oxygens (including phenoxy) is 1. The van der Waals surface area contributed by atoms with Crippen LogP contribution in [-0.4, -0.2) is 31.2 Å². The van der Waals surface area contributed by atoms with Crippen LogP contribution >= 0.6 is 0 Å². The fourth-order valence-corrected chi connectivity index (χ4v) is 4.50. The first kappa shape index (κ1) is 22.6. The predicted octanol–water partition coefficient (Wildman–Crippen LogP) is 2.74. The molecule has 1 atom stereocenters. The number of imidazole rings is 1. The van der Waals surface area contributed by atoms with E-state index in [4.69, 9.17) is 9.72 Å². The van der Waals surface area contributed by atoms with Crippen LogP contribution in [0.5, 0.6) is 0 Å². The third kappa shape index (κ3) is 4.14. The van der Waals surface area contributed by atoms with Crippen LogP contribution in [0, 0.1) is 12.8 Å². The third-order valence-corrected chi connectivity index (χ3v) is 6.32. The molecule has 180 valence electrons. The van der Waals surface area contributed by atoms with Crippen LogP contribution in [0.25, 0.3) is 11.2 Å². The predicted molar refractivity (Wildman–Crippen MR) is 133 cm³/mol. The first-order valence-corrected chi connectivity index (χ1v) is 11.6. The second kappa shape index (κ2) is 8.90. The summed E-state index contributed by atoms with van der Waals surface area (Å²) in [6.45, 7) is 5.06. The topological polar surface area (TPSA) is 91.4 Å². The minimum absolute atomic E-state index is 0.0715. The summed E-state index contributed by atoms with van der Waals surface area (Å²) < 4.78 is 9.42. The van der Waals surface area contributed by atoms with Gasteiger partial charge in [0, 0.05) is 25.8 Å². The zero-order chi connectivity index (χ0) is 24.7. The van der Waals surface area contributed by atoms with E-state index in [-0.39, 0.29) is 12.5 Å². The number of esters is 1. The molecule has 4 aromatic rings. The number of rotatable bonds is 5. The van der Waals surface area contributed by atoms with Gasteiger partial charge in [0.25, 0.3) is 5.56 Å². The van der Waals surface area contributed by atoms with Gasteiger partial charge >= 0.3 is 11.7 Å². The summed E-state index contributed by atoms with van der Waals surface area (Å²) in [5.41, 5.74) is 2.40. The van der Waals surface area contributed by atoms with E-state index in [1.807, 2.05) is 66.1 Å². The molecule has 2 aromatic heterocycles. The van der Waals surface area contributed by atoms with E-state index in [0.29, 0.717) is 23.7 Å². The van der Waals surface area contributed by atoms with Crippen molar-refractivity contribution in [2.75, 3.05) is 11.4 Å². The summed E-state index contributed by atoms with van der Waals surface area (Å²) >= 11 is 0. The fraction of sp³-hybridized carbons (Fsp3) is 0.308. The van der Waals surface area contributed by atoms with Crippen molar-refractivity contribution in [1.82, 2.24) is 18.7 Å². The number of benzene rings is 2. The van der Waals surface area contributed by atoms with Gasteiger partial charge in [0.1, 0.15) is 13.2 Å². The summed E-state index contributed by atoms with van der Waals surface area (Å²) in [5, 5.41) is 0. The summed E-state index contributed by atoms with van der Waals surface area (Å²) in [6.07, 6.45) is 0. The van der Waals surface area contributed by atoms with Gasteiger partial charge < -0.3 is 14.2 Å².